The van der Waals surface area contributed by atoms with E-state index in [-0.39, 0.29) is 24.5 Å². The van der Waals surface area contributed by atoms with E-state index in [1.54, 1.807) is 11.4 Å². The molecule has 0 aliphatic carbocycles. The maximum atomic E-state index is 12.4. The molecule has 2 aromatic carbocycles. The van der Waals surface area contributed by atoms with Gasteiger partial charge in [0.15, 0.2) is 6.61 Å². The summed E-state index contributed by atoms with van der Waals surface area (Å²) in [5.74, 6) is 0.272. The minimum Gasteiger partial charge on any atom is -0.486 e. The van der Waals surface area contributed by atoms with Gasteiger partial charge in [-0.2, -0.15) is 13.2 Å². The molecule has 0 atom stereocenters. The summed E-state index contributed by atoms with van der Waals surface area (Å²) in [7, 11) is 0. The number of nitrogens with one attached hydrogen (secondary N) is 1. The van der Waals surface area contributed by atoms with Crippen LogP contribution in [0, 0.1) is 6.92 Å². The average molecular weight is 436 g/mol. The number of amides is 1. The van der Waals surface area contributed by atoms with Crippen LogP contribution in [0.1, 0.15) is 16.3 Å². The van der Waals surface area contributed by atoms with Gasteiger partial charge in [0.1, 0.15) is 23.1 Å². The number of hydrogen-bond acceptors (Lipinski definition) is 5. The quantitative estimate of drug-likeness (QED) is 0.530. The number of nitrogens with zero attached hydrogens (tertiary/aromatic N) is 1. The van der Waals surface area contributed by atoms with E-state index >= 15 is 0 Å². The Morgan fingerprint density at radius 2 is 1.83 bits per heavy atom. The van der Waals surface area contributed by atoms with Gasteiger partial charge in [-0.3, -0.25) is 4.79 Å². The number of benzene rings is 2. The van der Waals surface area contributed by atoms with Crippen molar-refractivity contribution < 1.29 is 27.4 Å². The lowest BCUT2D eigenvalue weighted by Crippen LogP contribution is -2.20. The monoisotopic (exact) mass is 436 g/mol. The summed E-state index contributed by atoms with van der Waals surface area (Å²) in [4.78, 5) is 16.7. The zero-order valence-corrected chi connectivity index (χ0v) is 16.8. The first-order chi connectivity index (χ1) is 14.3. The van der Waals surface area contributed by atoms with Gasteiger partial charge in [0.25, 0.3) is 0 Å². The Morgan fingerprint density at radius 3 is 2.57 bits per heavy atom. The number of carbonyl (C=O) groups excluding carboxylic acids is 1. The summed E-state index contributed by atoms with van der Waals surface area (Å²) < 4.78 is 47.6. The molecule has 5 nitrogen and oxygen atoms in total. The molecule has 0 radical (unpaired) electrons. The van der Waals surface area contributed by atoms with Crippen LogP contribution in [0.4, 0.5) is 18.9 Å². The van der Waals surface area contributed by atoms with Gasteiger partial charge in [-0.1, -0.05) is 29.8 Å². The van der Waals surface area contributed by atoms with E-state index in [0.29, 0.717) is 10.7 Å². The Kier molecular flexibility index (Phi) is 6.94. The number of carbonyl (C=O) groups is 1. The SMILES string of the molecule is Cc1ccc(OCc2nc(CC(=O)Nc3ccccc3OCC(F)(F)F)cs2)cc1. The summed E-state index contributed by atoms with van der Waals surface area (Å²) >= 11 is 1.37. The van der Waals surface area contributed by atoms with Crippen molar-refractivity contribution in [2.24, 2.45) is 0 Å². The van der Waals surface area contributed by atoms with Gasteiger partial charge >= 0.3 is 6.18 Å². The Labute approximate surface area is 175 Å². The van der Waals surface area contributed by atoms with Gasteiger partial charge in [0, 0.05) is 5.38 Å². The first-order valence-corrected chi connectivity index (χ1v) is 9.87. The predicted molar refractivity (Wildman–Crippen MR) is 108 cm³/mol. The number of aryl methyl sites for hydroxylation is 1. The molecule has 1 heterocycles. The van der Waals surface area contributed by atoms with E-state index < -0.39 is 18.7 Å². The second kappa shape index (κ2) is 9.62. The lowest BCUT2D eigenvalue weighted by molar-refractivity contribution is -0.153. The Bertz CT molecular complexity index is 988. The van der Waals surface area contributed by atoms with Crippen molar-refractivity contribution >= 4 is 22.9 Å². The van der Waals surface area contributed by atoms with Crippen molar-refractivity contribution in [2.45, 2.75) is 26.1 Å². The number of alkyl halides is 3. The molecule has 0 bridgehead atoms. The topological polar surface area (TPSA) is 60.5 Å². The van der Waals surface area contributed by atoms with E-state index in [9.17, 15) is 18.0 Å². The Morgan fingerprint density at radius 1 is 1.10 bits per heavy atom. The molecule has 0 fully saturated rings. The van der Waals surface area contributed by atoms with E-state index in [4.69, 9.17) is 9.47 Å². The van der Waals surface area contributed by atoms with Crippen LogP contribution in [-0.4, -0.2) is 23.7 Å². The summed E-state index contributed by atoms with van der Waals surface area (Å²) in [6.07, 6.45) is -4.48. The highest BCUT2D eigenvalue weighted by molar-refractivity contribution is 7.09. The third-order valence-electron chi connectivity index (χ3n) is 3.88. The summed E-state index contributed by atoms with van der Waals surface area (Å²) in [6, 6.07) is 13.6. The fourth-order valence-corrected chi connectivity index (χ4v) is 3.20. The molecule has 0 spiro atoms. The van der Waals surface area contributed by atoms with Crippen LogP contribution in [0.3, 0.4) is 0 Å². The Hall–Kier alpha value is -3.07. The molecule has 0 saturated carbocycles. The van der Waals surface area contributed by atoms with E-state index in [2.05, 4.69) is 10.3 Å². The zero-order valence-electron chi connectivity index (χ0n) is 16.0. The number of thiazole rings is 1. The molecule has 1 aromatic heterocycles. The minimum absolute atomic E-state index is 0.0192. The molecule has 3 aromatic rings. The largest absolute Gasteiger partial charge is 0.486 e. The number of ether oxygens (including phenoxy) is 2. The first-order valence-electron chi connectivity index (χ1n) is 9.00. The molecule has 0 aliphatic rings. The van der Waals surface area contributed by atoms with Gasteiger partial charge in [-0.05, 0) is 31.2 Å². The number of aromatic nitrogens is 1. The molecular formula is C21H19F3N2O3S. The standard InChI is InChI=1S/C21H19F3N2O3S/c1-14-6-8-16(9-7-14)28-11-20-25-15(12-30-20)10-19(27)26-17-4-2-3-5-18(17)29-13-21(22,23)24/h2-9,12H,10-11,13H2,1H3,(H,26,27). The third kappa shape index (κ3) is 6.77. The van der Waals surface area contributed by atoms with Gasteiger partial charge < -0.3 is 14.8 Å². The molecule has 158 valence electrons. The second-order valence-electron chi connectivity index (χ2n) is 6.46. The molecule has 3 rings (SSSR count). The van der Waals surface area contributed by atoms with Crippen LogP contribution in [0.5, 0.6) is 11.5 Å². The van der Waals surface area contributed by atoms with Crippen LogP contribution < -0.4 is 14.8 Å². The molecule has 1 amide bonds. The number of hydrogen-bond donors (Lipinski definition) is 1. The number of rotatable bonds is 8. The van der Waals surface area contributed by atoms with E-state index in [1.165, 1.54) is 29.5 Å². The van der Waals surface area contributed by atoms with Crippen molar-refractivity contribution in [1.82, 2.24) is 4.98 Å². The van der Waals surface area contributed by atoms with E-state index in [1.807, 2.05) is 31.2 Å². The maximum absolute atomic E-state index is 12.4. The van der Waals surface area contributed by atoms with Crippen molar-refractivity contribution in [3.05, 3.63) is 70.2 Å². The highest BCUT2D eigenvalue weighted by Crippen LogP contribution is 2.26. The lowest BCUT2D eigenvalue weighted by Gasteiger charge is -2.13. The number of halogens is 3. The molecular weight excluding hydrogens is 417 g/mol. The van der Waals surface area contributed by atoms with E-state index in [0.717, 1.165) is 11.3 Å². The van der Waals surface area contributed by atoms with Crippen LogP contribution in [-0.2, 0) is 17.8 Å². The smallest absolute Gasteiger partial charge is 0.422 e. The van der Waals surface area contributed by atoms with Crippen LogP contribution in [0.25, 0.3) is 0 Å². The molecule has 30 heavy (non-hydrogen) atoms. The van der Waals surface area contributed by atoms with Gasteiger partial charge in [0.05, 0.1) is 17.8 Å². The van der Waals surface area contributed by atoms with Crippen molar-refractivity contribution in [2.75, 3.05) is 11.9 Å². The number of para-hydroxylation sites is 2. The fourth-order valence-electron chi connectivity index (χ4n) is 2.49. The summed E-state index contributed by atoms with van der Waals surface area (Å²) in [5.41, 5.74) is 1.86. The fraction of sp³-hybridized carbons (Fsp3) is 0.238. The summed E-state index contributed by atoms with van der Waals surface area (Å²) in [5, 5.41) is 5.03. The maximum Gasteiger partial charge on any atom is 0.422 e. The molecule has 0 aliphatic heterocycles. The molecule has 1 N–H and O–H groups in total. The molecule has 0 saturated heterocycles. The normalized spacial score (nSPS) is 11.2. The van der Waals surface area contributed by atoms with Crippen LogP contribution in [0.2, 0.25) is 0 Å². The molecule has 9 heteroatoms. The van der Waals surface area contributed by atoms with Gasteiger partial charge in [-0.15, -0.1) is 11.3 Å². The first kappa shape index (κ1) is 21.6. The minimum atomic E-state index is -4.46. The predicted octanol–water partition coefficient (Wildman–Crippen LogP) is 5.15. The van der Waals surface area contributed by atoms with Gasteiger partial charge in [0.2, 0.25) is 5.91 Å². The molecule has 0 unspecified atom stereocenters. The highest BCUT2D eigenvalue weighted by Gasteiger charge is 2.28. The summed E-state index contributed by atoms with van der Waals surface area (Å²) in [6.45, 7) is 0.836. The third-order valence-corrected chi connectivity index (χ3v) is 4.75. The average Bonchev–Trinajstić information content (AvgIpc) is 3.13. The number of anilines is 1. The van der Waals surface area contributed by atoms with Crippen molar-refractivity contribution in [3.8, 4) is 11.5 Å². The van der Waals surface area contributed by atoms with Gasteiger partial charge in [-0.25, -0.2) is 4.98 Å². The zero-order chi connectivity index (χ0) is 21.6. The van der Waals surface area contributed by atoms with Crippen molar-refractivity contribution in [1.29, 1.82) is 0 Å². The Balaban J connectivity index is 1.54. The van der Waals surface area contributed by atoms with Crippen molar-refractivity contribution in [3.63, 3.8) is 0 Å². The van der Waals surface area contributed by atoms with Crippen LogP contribution in [0.15, 0.2) is 53.9 Å². The highest BCUT2D eigenvalue weighted by atomic mass is 32.1. The lowest BCUT2D eigenvalue weighted by atomic mass is 10.2. The van der Waals surface area contributed by atoms with Crippen LogP contribution >= 0.6 is 11.3 Å². The second-order valence-corrected chi connectivity index (χ2v) is 7.40.